The first-order chi connectivity index (χ1) is 15.3. The van der Waals surface area contributed by atoms with Crippen molar-refractivity contribution < 1.29 is 9.18 Å². The molecule has 1 aliphatic rings. The van der Waals surface area contributed by atoms with Crippen molar-refractivity contribution in [2.75, 3.05) is 10.6 Å². The number of carbonyl (C=O) groups is 1. The lowest BCUT2D eigenvalue weighted by atomic mass is 9.91. The normalized spacial score (nSPS) is 18.3. The van der Waals surface area contributed by atoms with Crippen molar-refractivity contribution in [3.05, 3.63) is 52.5 Å². The van der Waals surface area contributed by atoms with Gasteiger partial charge in [-0.15, -0.1) is 4.80 Å². The highest BCUT2D eigenvalue weighted by Crippen LogP contribution is 2.27. The lowest BCUT2D eigenvalue weighted by molar-refractivity contribution is 0.100. The van der Waals surface area contributed by atoms with Crippen LogP contribution in [0.4, 0.5) is 21.7 Å². The van der Waals surface area contributed by atoms with Gasteiger partial charge in [0, 0.05) is 25.3 Å². The number of pyridine rings is 2. The van der Waals surface area contributed by atoms with Gasteiger partial charge in [0.2, 0.25) is 0 Å². The van der Waals surface area contributed by atoms with Gasteiger partial charge in [-0.2, -0.15) is 10.2 Å². The van der Waals surface area contributed by atoms with Gasteiger partial charge in [-0.25, -0.2) is 9.37 Å². The Labute approximate surface area is 182 Å². The van der Waals surface area contributed by atoms with E-state index in [2.05, 4.69) is 25.8 Å². The van der Waals surface area contributed by atoms with E-state index in [4.69, 9.17) is 11.5 Å². The molecule has 0 aromatic carbocycles. The molecule has 3 aromatic rings. The first-order valence-corrected chi connectivity index (χ1v) is 10.2. The summed E-state index contributed by atoms with van der Waals surface area (Å²) in [6.07, 6.45) is 8.05. The molecule has 3 heterocycles. The van der Waals surface area contributed by atoms with E-state index < -0.39 is 11.7 Å². The average Bonchev–Trinajstić information content (AvgIpc) is 3.28. The Hall–Kier alpha value is -3.80. The van der Waals surface area contributed by atoms with Crippen LogP contribution in [0.3, 0.4) is 0 Å². The standard InChI is InChI=1S/C20H24FN9O2/c1-29-10-11(8-16(20(29)32)30-24-6-7-25-30)26-18-12(17(23)31)9-13(21)19(28-18)27-15-5-3-2-4-14(15)22/h6-10,14-15H,2-5,22H2,1H3,(H2,23,31)(H2,26,27,28)/t14-,15+/m0/s1. The molecule has 0 aliphatic heterocycles. The van der Waals surface area contributed by atoms with Crippen molar-refractivity contribution in [3.8, 4) is 5.69 Å². The maximum Gasteiger partial charge on any atom is 0.278 e. The van der Waals surface area contributed by atoms with Crippen molar-refractivity contribution in [3.63, 3.8) is 0 Å². The second kappa shape index (κ2) is 8.75. The van der Waals surface area contributed by atoms with E-state index in [1.54, 1.807) is 7.05 Å². The molecule has 12 heteroatoms. The van der Waals surface area contributed by atoms with Gasteiger partial charge in [0.05, 0.1) is 23.6 Å². The molecule has 1 amide bonds. The Morgan fingerprint density at radius 2 is 1.91 bits per heavy atom. The Balaban J connectivity index is 1.71. The van der Waals surface area contributed by atoms with Crippen LogP contribution in [-0.4, -0.2) is 42.5 Å². The average molecular weight is 441 g/mol. The second-order valence-electron chi connectivity index (χ2n) is 7.75. The van der Waals surface area contributed by atoms with E-state index in [9.17, 15) is 14.0 Å². The number of carbonyl (C=O) groups excluding carboxylic acids is 1. The molecule has 168 valence electrons. The fourth-order valence-electron chi connectivity index (χ4n) is 3.77. The summed E-state index contributed by atoms with van der Waals surface area (Å²) < 4.78 is 16.0. The van der Waals surface area contributed by atoms with Crippen LogP contribution >= 0.6 is 0 Å². The number of primary amides is 1. The number of nitrogens with two attached hydrogens (primary N) is 2. The van der Waals surface area contributed by atoms with Gasteiger partial charge in [-0.05, 0) is 25.0 Å². The molecule has 1 fully saturated rings. The third-order valence-electron chi connectivity index (χ3n) is 5.44. The minimum Gasteiger partial charge on any atom is -0.365 e. The van der Waals surface area contributed by atoms with Crippen LogP contribution in [0.25, 0.3) is 5.69 Å². The number of aryl methyl sites for hydroxylation is 1. The number of hydrogen-bond donors (Lipinski definition) is 4. The Kier molecular flexibility index (Phi) is 5.86. The number of aromatic nitrogens is 5. The molecule has 3 aromatic heterocycles. The SMILES string of the molecule is Cn1cc(Nc2nc(N[C@@H]3CCCC[C@@H]3N)c(F)cc2C(N)=O)cc(-n2nccn2)c1=O. The van der Waals surface area contributed by atoms with E-state index in [0.717, 1.165) is 31.7 Å². The first-order valence-electron chi connectivity index (χ1n) is 10.2. The van der Waals surface area contributed by atoms with Gasteiger partial charge >= 0.3 is 0 Å². The summed E-state index contributed by atoms with van der Waals surface area (Å²) in [5.41, 5.74) is 11.7. The first kappa shape index (κ1) is 21.4. The van der Waals surface area contributed by atoms with Gasteiger partial charge in [-0.3, -0.25) is 9.59 Å². The lowest BCUT2D eigenvalue weighted by Crippen LogP contribution is -2.43. The van der Waals surface area contributed by atoms with Crippen LogP contribution in [0.5, 0.6) is 0 Å². The Morgan fingerprint density at radius 1 is 1.19 bits per heavy atom. The highest BCUT2D eigenvalue weighted by molar-refractivity contribution is 5.98. The van der Waals surface area contributed by atoms with Gasteiger partial charge in [0.15, 0.2) is 17.3 Å². The summed E-state index contributed by atoms with van der Waals surface area (Å²) in [7, 11) is 1.56. The largest absolute Gasteiger partial charge is 0.365 e. The molecule has 0 saturated heterocycles. The van der Waals surface area contributed by atoms with Gasteiger partial charge < -0.3 is 26.7 Å². The molecule has 2 atom stereocenters. The highest BCUT2D eigenvalue weighted by Gasteiger charge is 2.24. The van der Waals surface area contributed by atoms with E-state index in [-0.39, 0.29) is 40.5 Å². The molecule has 0 unspecified atom stereocenters. The van der Waals surface area contributed by atoms with E-state index in [1.807, 2.05) is 0 Å². The Morgan fingerprint density at radius 3 is 2.59 bits per heavy atom. The monoisotopic (exact) mass is 441 g/mol. The highest BCUT2D eigenvalue weighted by atomic mass is 19.1. The van der Waals surface area contributed by atoms with E-state index >= 15 is 0 Å². The molecule has 4 rings (SSSR count). The van der Waals surface area contributed by atoms with Crippen molar-refractivity contribution >= 4 is 23.2 Å². The summed E-state index contributed by atoms with van der Waals surface area (Å²) in [6, 6.07) is 2.28. The van der Waals surface area contributed by atoms with Crippen LogP contribution in [-0.2, 0) is 7.05 Å². The van der Waals surface area contributed by atoms with Crippen molar-refractivity contribution in [1.82, 2.24) is 24.5 Å². The summed E-state index contributed by atoms with van der Waals surface area (Å²) in [5, 5.41) is 14.0. The van der Waals surface area contributed by atoms with Gasteiger partial charge in [0.25, 0.3) is 11.5 Å². The second-order valence-corrected chi connectivity index (χ2v) is 7.75. The zero-order valence-corrected chi connectivity index (χ0v) is 17.5. The minimum absolute atomic E-state index is 0.0290. The molecule has 1 saturated carbocycles. The number of anilines is 3. The van der Waals surface area contributed by atoms with E-state index in [0.29, 0.717) is 5.69 Å². The third-order valence-corrected chi connectivity index (χ3v) is 5.44. The van der Waals surface area contributed by atoms with Gasteiger partial charge in [-0.1, -0.05) is 12.8 Å². The number of nitrogens with zero attached hydrogens (tertiary/aromatic N) is 5. The quantitative estimate of drug-likeness (QED) is 0.441. The van der Waals surface area contributed by atoms with E-state index in [1.165, 1.54) is 34.0 Å². The van der Waals surface area contributed by atoms with Crippen LogP contribution in [0.15, 0.2) is 35.5 Å². The number of nitrogens with one attached hydrogen (secondary N) is 2. The molecule has 1 aliphatic carbocycles. The molecule has 0 spiro atoms. The minimum atomic E-state index is -0.849. The smallest absolute Gasteiger partial charge is 0.278 e. The van der Waals surface area contributed by atoms with Crippen LogP contribution in [0, 0.1) is 5.82 Å². The fraction of sp³-hybridized carbons (Fsp3) is 0.350. The predicted octanol–water partition coefficient (Wildman–Crippen LogP) is 1.02. The van der Waals surface area contributed by atoms with Crippen LogP contribution in [0.1, 0.15) is 36.0 Å². The van der Waals surface area contributed by atoms with Gasteiger partial charge in [0.1, 0.15) is 5.82 Å². The Bertz CT molecular complexity index is 1190. The van der Waals surface area contributed by atoms with Crippen LogP contribution < -0.4 is 27.7 Å². The molecule has 0 radical (unpaired) electrons. The number of hydrogen-bond acceptors (Lipinski definition) is 8. The molecular weight excluding hydrogens is 417 g/mol. The topological polar surface area (TPSA) is 159 Å². The third kappa shape index (κ3) is 4.30. The predicted molar refractivity (Wildman–Crippen MR) is 116 cm³/mol. The van der Waals surface area contributed by atoms with Crippen LogP contribution in [0.2, 0.25) is 0 Å². The fourth-order valence-corrected chi connectivity index (χ4v) is 3.77. The molecule has 32 heavy (non-hydrogen) atoms. The molecular formula is C20H24FN9O2. The maximum absolute atomic E-state index is 14.7. The number of halogens is 1. The van der Waals surface area contributed by atoms with Crippen molar-refractivity contribution in [2.45, 2.75) is 37.8 Å². The molecule has 6 N–H and O–H groups in total. The van der Waals surface area contributed by atoms with Crippen molar-refractivity contribution in [1.29, 1.82) is 0 Å². The lowest BCUT2D eigenvalue weighted by Gasteiger charge is -2.30. The molecule has 0 bridgehead atoms. The maximum atomic E-state index is 14.7. The zero-order valence-electron chi connectivity index (χ0n) is 17.5. The van der Waals surface area contributed by atoms with Crippen molar-refractivity contribution in [2.24, 2.45) is 18.5 Å². The number of amides is 1. The zero-order chi connectivity index (χ0) is 22.8. The number of rotatable bonds is 6. The summed E-state index contributed by atoms with van der Waals surface area (Å²) in [4.78, 5) is 29.9. The molecule has 11 nitrogen and oxygen atoms in total. The summed E-state index contributed by atoms with van der Waals surface area (Å²) >= 11 is 0. The summed E-state index contributed by atoms with van der Waals surface area (Å²) in [5.74, 6) is -1.54. The summed E-state index contributed by atoms with van der Waals surface area (Å²) in [6.45, 7) is 0.